The van der Waals surface area contributed by atoms with Crippen molar-refractivity contribution in [3.05, 3.63) is 64.7 Å². The van der Waals surface area contributed by atoms with Crippen LogP contribution < -0.4 is 11.2 Å². The topological polar surface area (TPSA) is 67.5 Å². The van der Waals surface area contributed by atoms with Crippen LogP contribution in [0.5, 0.6) is 0 Å². The molecule has 0 saturated carbocycles. The van der Waals surface area contributed by atoms with Crippen LogP contribution in [0.2, 0.25) is 0 Å². The van der Waals surface area contributed by atoms with E-state index in [2.05, 4.69) is 28.7 Å². The van der Waals surface area contributed by atoms with E-state index in [0.29, 0.717) is 11.3 Å². The Morgan fingerprint density at radius 3 is 2.50 bits per heavy atom. The SMILES string of the molecule is C/C(=N/NC(=O)c1ccc(N)cc1)c1ccc2c(c1)CCC2. The van der Waals surface area contributed by atoms with Crippen LogP contribution in [0.4, 0.5) is 5.69 Å². The number of hydrogen-bond acceptors (Lipinski definition) is 3. The predicted octanol–water partition coefficient (Wildman–Crippen LogP) is 2.91. The van der Waals surface area contributed by atoms with E-state index in [1.165, 1.54) is 24.0 Å². The molecule has 0 bridgehead atoms. The Morgan fingerprint density at radius 1 is 1.05 bits per heavy atom. The van der Waals surface area contributed by atoms with Crippen molar-refractivity contribution in [2.45, 2.75) is 26.2 Å². The summed E-state index contributed by atoms with van der Waals surface area (Å²) in [5, 5.41) is 4.20. The number of anilines is 1. The second-order valence-electron chi connectivity index (χ2n) is 5.60. The van der Waals surface area contributed by atoms with Crippen molar-refractivity contribution in [3.63, 3.8) is 0 Å². The summed E-state index contributed by atoms with van der Waals surface area (Å²) in [6.45, 7) is 1.90. The zero-order chi connectivity index (χ0) is 15.5. The van der Waals surface area contributed by atoms with Crippen LogP contribution in [0.25, 0.3) is 0 Å². The number of benzene rings is 2. The minimum atomic E-state index is -0.236. The molecule has 1 amide bonds. The maximum absolute atomic E-state index is 12.0. The van der Waals surface area contributed by atoms with Gasteiger partial charge in [0.2, 0.25) is 0 Å². The lowest BCUT2D eigenvalue weighted by Gasteiger charge is -2.06. The summed E-state index contributed by atoms with van der Waals surface area (Å²) in [5.41, 5.74) is 14.1. The number of carbonyl (C=O) groups excluding carboxylic acids is 1. The average Bonchev–Trinajstić information content (AvgIpc) is 3.00. The highest BCUT2D eigenvalue weighted by Gasteiger charge is 2.12. The normalized spacial score (nSPS) is 13.8. The summed E-state index contributed by atoms with van der Waals surface area (Å²) in [6.07, 6.45) is 3.52. The van der Waals surface area contributed by atoms with Gasteiger partial charge in [-0.3, -0.25) is 4.79 Å². The molecule has 3 rings (SSSR count). The first-order valence-electron chi connectivity index (χ1n) is 7.46. The summed E-state index contributed by atoms with van der Waals surface area (Å²) in [6, 6.07) is 13.2. The molecule has 0 fully saturated rings. The number of aryl methyl sites for hydroxylation is 2. The standard InChI is InChI=1S/C18H19N3O/c1-12(15-6-5-13-3-2-4-16(13)11-15)20-21-18(22)14-7-9-17(19)10-8-14/h5-11H,2-4,19H2,1H3,(H,21,22)/b20-12-. The highest BCUT2D eigenvalue weighted by molar-refractivity contribution is 6.01. The van der Waals surface area contributed by atoms with Gasteiger partial charge in [0.15, 0.2) is 0 Å². The number of amides is 1. The monoisotopic (exact) mass is 293 g/mol. The highest BCUT2D eigenvalue weighted by Crippen LogP contribution is 2.23. The van der Waals surface area contributed by atoms with E-state index in [9.17, 15) is 4.79 Å². The zero-order valence-electron chi connectivity index (χ0n) is 12.6. The smallest absolute Gasteiger partial charge is 0.271 e. The first-order valence-corrected chi connectivity index (χ1v) is 7.46. The Bertz CT molecular complexity index is 732. The van der Waals surface area contributed by atoms with E-state index in [4.69, 9.17) is 5.73 Å². The lowest BCUT2D eigenvalue weighted by molar-refractivity contribution is 0.0955. The second-order valence-corrected chi connectivity index (χ2v) is 5.60. The maximum Gasteiger partial charge on any atom is 0.271 e. The molecule has 4 nitrogen and oxygen atoms in total. The number of nitrogen functional groups attached to an aromatic ring is 1. The molecule has 1 aliphatic carbocycles. The van der Waals surface area contributed by atoms with E-state index in [-0.39, 0.29) is 5.91 Å². The second kappa shape index (κ2) is 6.02. The lowest BCUT2D eigenvalue weighted by atomic mass is 10.0. The van der Waals surface area contributed by atoms with Gasteiger partial charge < -0.3 is 5.73 Å². The van der Waals surface area contributed by atoms with Crippen molar-refractivity contribution in [1.29, 1.82) is 0 Å². The fraction of sp³-hybridized carbons (Fsp3) is 0.222. The van der Waals surface area contributed by atoms with Gasteiger partial charge in [0.05, 0.1) is 5.71 Å². The number of rotatable bonds is 3. The molecule has 112 valence electrons. The maximum atomic E-state index is 12.0. The van der Waals surface area contributed by atoms with Gasteiger partial charge in [0, 0.05) is 11.3 Å². The molecule has 2 aromatic rings. The number of fused-ring (bicyclic) bond motifs is 1. The number of hydrazone groups is 1. The summed E-state index contributed by atoms with van der Waals surface area (Å²) in [4.78, 5) is 12.0. The van der Waals surface area contributed by atoms with Crippen molar-refractivity contribution in [1.82, 2.24) is 5.43 Å². The molecule has 0 aliphatic heterocycles. The molecule has 2 aromatic carbocycles. The minimum Gasteiger partial charge on any atom is -0.399 e. The number of hydrogen-bond donors (Lipinski definition) is 2. The number of nitrogens with one attached hydrogen (secondary N) is 1. The Hall–Kier alpha value is -2.62. The summed E-state index contributed by atoms with van der Waals surface area (Å²) >= 11 is 0. The molecule has 0 radical (unpaired) electrons. The Labute approximate surface area is 130 Å². The van der Waals surface area contributed by atoms with Crippen LogP contribution in [-0.4, -0.2) is 11.6 Å². The molecule has 0 saturated heterocycles. The van der Waals surface area contributed by atoms with Crippen molar-refractivity contribution < 1.29 is 4.79 Å². The van der Waals surface area contributed by atoms with E-state index in [1.54, 1.807) is 24.3 Å². The minimum absolute atomic E-state index is 0.236. The van der Waals surface area contributed by atoms with Crippen LogP contribution in [0.3, 0.4) is 0 Å². The van der Waals surface area contributed by atoms with E-state index < -0.39 is 0 Å². The number of carbonyl (C=O) groups is 1. The predicted molar refractivity (Wildman–Crippen MR) is 89.0 cm³/mol. The molecule has 0 aromatic heterocycles. The fourth-order valence-electron chi connectivity index (χ4n) is 2.70. The summed E-state index contributed by atoms with van der Waals surface area (Å²) in [7, 11) is 0. The molecular weight excluding hydrogens is 274 g/mol. The zero-order valence-corrected chi connectivity index (χ0v) is 12.6. The third-order valence-electron chi connectivity index (χ3n) is 4.01. The molecule has 0 unspecified atom stereocenters. The van der Waals surface area contributed by atoms with Gasteiger partial charge in [-0.15, -0.1) is 0 Å². The van der Waals surface area contributed by atoms with Gasteiger partial charge in [0.25, 0.3) is 5.91 Å². The highest BCUT2D eigenvalue weighted by atomic mass is 16.2. The van der Waals surface area contributed by atoms with E-state index in [1.807, 2.05) is 6.92 Å². The Balaban J connectivity index is 1.72. The molecule has 22 heavy (non-hydrogen) atoms. The molecule has 3 N–H and O–H groups in total. The summed E-state index contributed by atoms with van der Waals surface area (Å²) < 4.78 is 0. The van der Waals surface area contributed by atoms with Gasteiger partial charge in [-0.05, 0) is 73.2 Å². The molecular formula is C18H19N3O. The van der Waals surface area contributed by atoms with Crippen molar-refractivity contribution >= 4 is 17.3 Å². The number of nitrogens with zero attached hydrogens (tertiary/aromatic N) is 1. The van der Waals surface area contributed by atoms with Gasteiger partial charge >= 0.3 is 0 Å². The van der Waals surface area contributed by atoms with E-state index in [0.717, 1.165) is 17.7 Å². The van der Waals surface area contributed by atoms with Crippen molar-refractivity contribution in [2.24, 2.45) is 5.10 Å². The van der Waals surface area contributed by atoms with Crippen LogP contribution >= 0.6 is 0 Å². The van der Waals surface area contributed by atoms with Crippen molar-refractivity contribution in [2.75, 3.05) is 5.73 Å². The molecule has 0 atom stereocenters. The fourth-order valence-corrected chi connectivity index (χ4v) is 2.70. The first-order chi connectivity index (χ1) is 10.6. The van der Waals surface area contributed by atoms with Crippen LogP contribution in [-0.2, 0) is 12.8 Å². The van der Waals surface area contributed by atoms with Crippen LogP contribution in [0.1, 0.15) is 40.4 Å². The average molecular weight is 293 g/mol. The third-order valence-corrected chi connectivity index (χ3v) is 4.01. The largest absolute Gasteiger partial charge is 0.399 e. The van der Waals surface area contributed by atoms with Gasteiger partial charge in [-0.25, -0.2) is 5.43 Å². The molecule has 0 heterocycles. The molecule has 4 heteroatoms. The van der Waals surface area contributed by atoms with Crippen LogP contribution in [0.15, 0.2) is 47.6 Å². The van der Waals surface area contributed by atoms with Gasteiger partial charge in [-0.1, -0.05) is 12.1 Å². The third kappa shape index (κ3) is 3.01. The van der Waals surface area contributed by atoms with E-state index >= 15 is 0 Å². The quantitative estimate of drug-likeness (QED) is 0.519. The Morgan fingerprint density at radius 2 is 1.73 bits per heavy atom. The lowest BCUT2D eigenvalue weighted by Crippen LogP contribution is -2.19. The molecule has 0 spiro atoms. The summed E-state index contributed by atoms with van der Waals surface area (Å²) in [5.74, 6) is -0.236. The number of nitrogens with two attached hydrogens (primary N) is 1. The van der Waals surface area contributed by atoms with Gasteiger partial charge in [0.1, 0.15) is 0 Å². The Kier molecular flexibility index (Phi) is 3.92. The van der Waals surface area contributed by atoms with Crippen molar-refractivity contribution in [3.8, 4) is 0 Å². The first kappa shape index (κ1) is 14.3. The van der Waals surface area contributed by atoms with Gasteiger partial charge in [-0.2, -0.15) is 5.10 Å². The van der Waals surface area contributed by atoms with Crippen LogP contribution in [0, 0.1) is 0 Å². The molecule has 1 aliphatic rings.